The van der Waals surface area contributed by atoms with Gasteiger partial charge in [-0.1, -0.05) is 13.3 Å². The number of nitrogens with one attached hydrogen (secondary N) is 2. The summed E-state index contributed by atoms with van der Waals surface area (Å²) in [6.07, 6.45) is 9.49. The van der Waals surface area contributed by atoms with Gasteiger partial charge in [0.05, 0.1) is 6.26 Å². The number of guanidine groups is 1. The fourth-order valence-electron chi connectivity index (χ4n) is 4.16. The molecule has 4 nitrogen and oxygen atoms in total. The third-order valence-corrected chi connectivity index (χ3v) is 5.70. The van der Waals surface area contributed by atoms with Crippen LogP contribution in [-0.4, -0.2) is 24.6 Å². The van der Waals surface area contributed by atoms with Crippen LogP contribution in [0.5, 0.6) is 0 Å². The Hall–Kier alpha value is -0.720. The predicted molar refractivity (Wildman–Crippen MR) is 103 cm³/mol. The smallest absolute Gasteiger partial charge is 0.191 e. The van der Waals surface area contributed by atoms with Gasteiger partial charge in [-0.3, -0.25) is 4.99 Å². The highest BCUT2D eigenvalue weighted by molar-refractivity contribution is 14.0. The van der Waals surface area contributed by atoms with Crippen molar-refractivity contribution in [3.63, 3.8) is 0 Å². The van der Waals surface area contributed by atoms with E-state index in [4.69, 9.17) is 9.41 Å². The number of hydrogen-bond donors (Lipinski definition) is 2. The maximum Gasteiger partial charge on any atom is 0.191 e. The van der Waals surface area contributed by atoms with Gasteiger partial charge >= 0.3 is 0 Å². The van der Waals surface area contributed by atoms with Gasteiger partial charge in [-0.05, 0) is 55.6 Å². The van der Waals surface area contributed by atoms with Gasteiger partial charge in [0, 0.05) is 25.0 Å². The molecule has 0 saturated heterocycles. The number of rotatable bonds is 5. The lowest BCUT2D eigenvalue weighted by molar-refractivity contribution is 0.387. The minimum Gasteiger partial charge on any atom is -0.469 e. The quantitative estimate of drug-likeness (QED) is 0.428. The minimum absolute atomic E-state index is 0. The highest BCUT2D eigenvalue weighted by atomic mass is 127. The van der Waals surface area contributed by atoms with E-state index in [1.807, 2.05) is 12.1 Å². The summed E-state index contributed by atoms with van der Waals surface area (Å²) in [4.78, 5) is 4.79. The first kappa shape index (κ1) is 17.1. The summed E-state index contributed by atoms with van der Waals surface area (Å²) in [6, 6.07) is 5.23. The van der Waals surface area contributed by atoms with Crippen LogP contribution in [0.15, 0.2) is 27.8 Å². The van der Waals surface area contributed by atoms with Crippen molar-refractivity contribution in [1.82, 2.24) is 10.6 Å². The van der Waals surface area contributed by atoms with Crippen LogP contribution in [0.2, 0.25) is 0 Å². The van der Waals surface area contributed by atoms with Gasteiger partial charge in [-0.15, -0.1) is 24.0 Å². The summed E-state index contributed by atoms with van der Waals surface area (Å²) in [5.74, 6) is 4.67. The fraction of sp³-hybridized carbons (Fsp3) is 0.722. The molecule has 5 atom stereocenters. The van der Waals surface area contributed by atoms with Crippen molar-refractivity contribution in [2.24, 2.45) is 22.7 Å². The number of nitrogens with zero attached hydrogens (tertiary/aromatic N) is 1. The third kappa shape index (κ3) is 4.22. The molecule has 3 aliphatic rings. The van der Waals surface area contributed by atoms with Crippen molar-refractivity contribution in [2.75, 3.05) is 6.54 Å². The summed E-state index contributed by atoms with van der Waals surface area (Å²) in [6.45, 7) is 3.08. The Morgan fingerprint density at radius 2 is 2.04 bits per heavy atom. The van der Waals surface area contributed by atoms with Crippen LogP contribution in [0.25, 0.3) is 0 Å². The summed E-state index contributed by atoms with van der Waals surface area (Å²) < 4.78 is 5.39. The molecule has 0 spiro atoms. The number of halogens is 1. The Kier molecular flexibility index (Phi) is 5.54. The molecule has 1 heterocycles. The molecule has 23 heavy (non-hydrogen) atoms. The van der Waals surface area contributed by atoms with Crippen molar-refractivity contribution in [1.29, 1.82) is 0 Å². The van der Waals surface area contributed by atoms with E-state index < -0.39 is 0 Å². The van der Waals surface area contributed by atoms with E-state index in [1.165, 1.54) is 32.1 Å². The molecular formula is C18H28IN3O. The second-order valence-electron chi connectivity index (χ2n) is 7.45. The molecule has 3 fully saturated rings. The first-order chi connectivity index (χ1) is 10.8. The predicted octanol–water partition coefficient (Wildman–Crippen LogP) is 3.57. The van der Waals surface area contributed by atoms with Crippen LogP contribution in [-0.2, 0) is 6.42 Å². The Balaban J connectivity index is 0.00000156. The van der Waals surface area contributed by atoms with Gasteiger partial charge in [-0.25, -0.2) is 0 Å². The van der Waals surface area contributed by atoms with E-state index >= 15 is 0 Å². The van der Waals surface area contributed by atoms with Gasteiger partial charge in [0.25, 0.3) is 0 Å². The number of furan rings is 1. The van der Waals surface area contributed by atoms with Crippen molar-refractivity contribution in [3.8, 4) is 0 Å². The molecule has 2 N–H and O–H groups in total. The van der Waals surface area contributed by atoms with Gasteiger partial charge < -0.3 is 15.1 Å². The molecule has 128 valence electrons. The molecule has 0 aromatic carbocycles. The molecule has 3 aliphatic carbocycles. The Morgan fingerprint density at radius 3 is 2.65 bits per heavy atom. The fourth-order valence-corrected chi connectivity index (χ4v) is 4.16. The van der Waals surface area contributed by atoms with Crippen LogP contribution >= 0.6 is 24.0 Å². The molecule has 3 saturated carbocycles. The lowest BCUT2D eigenvalue weighted by atomic mass is 9.95. The lowest BCUT2D eigenvalue weighted by Crippen LogP contribution is -2.46. The summed E-state index contributed by atoms with van der Waals surface area (Å²) >= 11 is 0. The molecule has 5 heteroatoms. The third-order valence-electron chi connectivity index (χ3n) is 5.70. The largest absolute Gasteiger partial charge is 0.469 e. The summed E-state index contributed by atoms with van der Waals surface area (Å²) in [5, 5.41) is 7.34. The average Bonchev–Trinajstić information content (AvgIpc) is 3.00. The summed E-state index contributed by atoms with van der Waals surface area (Å²) in [5.41, 5.74) is 0. The number of hydrogen-bond acceptors (Lipinski definition) is 2. The van der Waals surface area contributed by atoms with Gasteiger partial charge in [0.15, 0.2) is 5.96 Å². The molecule has 0 amide bonds. The number of fused-ring (bicyclic) bond motifs is 2. The van der Waals surface area contributed by atoms with Crippen molar-refractivity contribution >= 4 is 29.9 Å². The maximum atomic E-state index is 5.39. The second kappa shape index (κ2) is 7.45. The molecule has 0 aliphatic heterocycles. The zero-order valence-corrected chi connectivity index (χ0v) is 16.2. The van der Waals surface area contributed by atoms with E-state index in [0.29, 0.717) is 12.1 Å². The SMILES string of the molecule is CC1CC1NC(=NCCc1ccco1)NC1CC2CCC1C2.I. The van der Waals surface area contributed by atoms with E-state index in [0.717, 1.165) is 42.4 Å². The van der Waals surface area contributed by atoms with Crippen LogP contribution in [0.3, 0.4) is 0 Å². The van der Waals surface area contributed by atoms with Crippen LogP contribution < -0.4 is 10.6 Å². The van der Waals surface area contributed by atoms with Crippen molar-refractivity contribution in [2.45, 2.75) is 57.5 Å². The Labute approximate surface area is 155 Å². The molecule has 0 radical (unpaired) electrons. The molecule has 1 aromatic rings. The zero-order valence-electron chi connectivity index (χ0n) is 13.8. The highest BCUT2D eigenvalue weighted by Gasteiger charge is 2.40. The number of aliphatic imine (C=N–C) groups is 1. The van der Waals surface area contributed by atoms with Crippen molar-refractivity contribution < 1.29 is 4.42 Å². The van der Waals surface area contributed by atoms with E-state index in [2.05, 4.69) is 17.6 Å². The molecule has 5 unspecified atom stereocenters. The Morgan fingerprint density at radius 1 is 1.22 bits per heavy atom. The minimum atomic E-state index is 0. The Bertz CT molecular complexity index is 530. The normalized spacial score (nSPS) is 35.0. The van der Waals surface area contributed by atoms with E-state index in [1.54, 1.807) is 6.26 Å². The highest BCUT2D eigenvalue weighted by Crippen LogP contribution is 2.44. The van der Waals surface area contributed by atoms with E-state index in [-0.39, 0.29) is 24.0 Å². The van der Waals surface area contributed by atoms with Crippen LogP contribution in [0, 0.1) is 17.8 Å². The monoisotopic (exact) mass is 429 g/mol. The van der Waals surface area contributed by atoms with Gasteiger partial charge in [-0.2, -0.15) is 0 Å². The molecule has 4 rings (SSSR count). The zero-order chi connectivity index (χ0) is 14.9. The summed E-state index contributed by atoms with van der Waals surface area (Å²) in [7, 11) is 0. The van der Waals surface area contributed by atoms with Crippen molar-refractivity contribution in [3.05, 3.63) is 24.2 Å². The van der Waals surface area contributed by atoms with Crippen LogP contribution in [0.1, 0.15) is 44.8 Å². The van der Waals surface area contributed by atoms with Gasteiger partial charge in [0.1, 0.15) is 5.76 Å². The van der Waals surface area contributed by atoms with Crippen LogP contribution in [0.4, 0.5) is 0 Å². The topological polar surface area (TPSA) is 49.6 Å². The van der Waals surface area contributed by atoms with Gasteiger partial charge in [0.2, 0.25) is 0 Å². The first-order valence-corrected chi connectivity index (χ1v) is 8.88. The molecule has 1 aromatic heterocycles. The molecular weight excluding hydrogens is 401 g/mol. The average molecular weight is 429 g/mol. The first-order valence-electron chi connectivity index (χ1n) is 8.88. The second-order valence-corrected chi connectivity index (χ2v) is 7.45. The maximum absolute atomic E-state index is 5.39. The molecule has 2 bridgehead atoms. The van der Waals surface area contributed by atoms with E-state index in [9.17, 15) is 0 Å². The standard InChI is InChI=1S/C18H27N3O.HI/c1-12-9-16(12)20-18(19-7-6-15-3-2-8-22-15)21-17-11-13-4-5-14(17)10-13;/h2-3,8,12-14,16-17H,4-7,9-11H2,1H3,(H2,19,20,21);1H. The lowest BCUT2D eigenvalue weighted by Gasteiger charge is -2.25.